The van der Waals surface area contributed by atoms with E-state index in [0.29, 0.717) is 12.0 Å². The molecule has 1 rings (SSSR count). The van der Waals surface area contributed by atoms with Crippen molar-refractivity contribution in [3.8, 4) is 0 Å². The molecule has 1 aliphatic rings. The van der Waals surface area contributed by atoms with E-state index < -0.39 is 0 Å². The topological polar surface area (TPSA) is 15.3 Å². The Bertz CT molecular complexity index is 244. The zero-order valence-corrected chi connectivity index (χ0v) is 13.6. The first-order chi connectivity index (χ1) is 8.20. The van der Waals surface area contributed by atoms with Crippen LogP contribution in [0, 0.1) is 17.8 Å². The average molecular weight is 254 g/mol. The van der Waals surface area contributed by atoms with Gasteiger partial charge in [0, 0.05) is 18.1 Å². The Morgan fingerprint density at radius 3 is 2.28 bits per heavy atom. The molecule has 1 N–H and O–H groups in total. The Hall–Kier alpha value is -0.0800. The molecule has 1 heterocycles. The third-order valence-corrected chi connectivity index (χ3v) is 4.72. The first-order valence-electron chi connectivity index (χ1n) is 7.70. The Morgan fingerprint density at radius 2 is 1.78 bits per heavy atom. The molecule has 18 heavy (non-hydrogen) atoms. The highest BCUT2D eigenvalue weighted by molar-refractivity contribution is 4.83. The van der Waals surface area contributed by atoms with Gasteiger partial charge in [0.15, 0.2) is 0 Å². The van der Waals surface area contributed by atoms with E-state index in [4.69, 9.17) is 0 Å². The molecule has 0 amide bonds. The van der Waals surface area contributed by atoms with Crippen LogP contribution < -0.4 is 5.32 Å². The zero-order chi connectivity index (χ0) is 13.9. The highest BCUT2D eigenvalue weighted by Crippen LogP contribution is 2.25. The van der Waals surface area contributed by atoms with Gasteiger partial charge in [-0.05, 0) is 65.0 Å². The number of nitrogens with one attached hydrogen (secondary N) is 1. The summed E-state index contributed by atoms with van der Waals surface area (Å²) >= 11 is 0. The summed E-state index contributed by atoms with van der Waals surface area (Å²) in [4.78, 5) is 2.69. The largest absolute Gasteiger partial charge is 0.312 e. The fourth-order valence-corrected chi connectivity index (χ4v) is 2.66. The van der Waals surface area contributed by atoms with Crippen LogP contribution >= 0.6 is 0 Å². The number of rotatable bonds is 4. The van der Waals surface area contributed by atoms with Crippen LogP contribution in [-0.2, 0) is 0 Å². The van der Waals surface area contributed by atoms with Gasteiger partial charge in [-0.3, -0.25) is 0 Å². The Morgan fingerprint density at radius 1 is 1.17 bits per heavy atom. The molecule has 2 nitrogen and oxygen atoms in total. The molecule has 4 atom stereocenters. The maximum absolute atomic E-state index is 3.63. The molecular weight excluding hydrogens is 220 g/mol. The second kappa shape index (κ2) is 6.38. The van der Waals surface area contributed by atoms with Gasteiger partial charge < -0.3 is 10.2 Å². The minimum atomic E-state index is 0.234. The van der Waals surface area contributed by atoms with Gasteiger partial charge in [0.05, 0.1) is 0 Å². The number of hydrogen-bond donors (Lipinski definition) is 1. The lowest BCUT2D eigenvalue weighted by Crippen LogP contribution is -2.49. The van der Waals surface area contributed by atoms with Gasteiger partial charge in [-0.15, -0.1) is 0 Å². The lowest BCUT2D eigenvalue weighted by atomic mass is 9.86. The summed E-state index contributed by atoms with van der Waals surface area (Å²) in [7, 11) is 0. The number of piperidine rings is 1. The maximum atomic E-state index is 3.63. The fraction of sp³-hybridized carbons (Fsp3) is 1.00. The van der Waals surface area contributed by atoms with E-state index in [1.54, 1.807) is 0 Å². The van der Waals surface area contributed by atoms with Gasteiger partial charge in [-0.1, -0.05) is 20.8 Å². The molecule has 1 fully saturated rings. The van der Waals surface area contributed by atoms with Gasteiger partial charge in [0.25, 0.3) is 0 Å². The van der Waals surface area contributed by atoms with Crippen molar-refractivity contribution in [2.75, 3.05) is 19.6 Å². The summed E-state index contributed by atoms with van der Waals surface area (Å²) in [5.41, 5.74) is 0.234. The summed E-state index contributed by atoms with van der Waals surface area (Å²) in [6.07, 6.45) is 1.37. The van der Waals surface area contributed by atoms with Crippen LogP contribution in [0.25, 0.3) is 0 Å². The van der Waals surface area contributed by atoms with Crippen LogP contribution in [0.15, 0.2) is 0 Å². The van der Waals surface area contributed by atoms with Crippen LogP contribution in [-0.4, -0.2) is 36.1 Å². The van der Waals surface area contributed by atoms with Gasteiger partial charge in [0.2, 0.25) is 0 Å². The van der Waals surface area contributed by atoms with Crippen molar-refractivity contribution >= 4 is 0 Å². The third kappa shape index (κ3) is 4.89. The van der Waals surface area contributed by atoms with Crippen LogP contribution in [0.4, 0.5) is 0 Å². The van der Waals surface area contributed by atoms with Crippen molar-refractivity contribution in [1.82, 2.24) is 10.2 Å². The van der Waals surface area contributed by atoms with Gasteiger partial charge in [-0.25, -0.2) is 0 Å². The molecule has 4 unspecified atom stereocenters. The summed E-state index contributed by atoms with van der Waals surface area (Å²) in [5, 5.41) is 3.63. The van der Waals surface area contributed by atoms with Crippen molar-refractivity contribution in [2.45, 2.75) is 66.5 Å². The Balaban J connectivity index is 2.41. The van der Waals surface area contributed by atoms with Crippen LogP contribution in [0.2, 0.25) is 0 Å². The van der Waals surface area contributed by atoms with Crippen molar-refractivity contribution < 1.29 is 0 Å². The summed E-state index contributed by atoms with van der Waals surface area (Å²) in [5.74, 6) is 2.46. The average Bonchev–Trinajstić information content (AvgIpc) is 2.27. The zero-order valence-electron chi connectivity index (χ0n) is 13.6. The molecule has 0 radical (unpaired) electrons. The minimum Gasteiger partial charge on any atom is -0.312 e. The molecule has 2 heteroatoms. The number of likely N-dealkylation sites (tertiary alicyclic amines) is 1. The summed E-state index contributed by atoms with van der Waals surface area (Å²) < 4.78 is 0. The fourth-order valence-electron chi connectivity index (χ4n) is 2.66. The predicted octanol–water partition coefficient (Wildman–Crippen LogP) is 3.38. The van der Waals surface area contributed by atoms with Crippen LogP contribution in [0.1, 0.15) is 54.9 Å². The summed E-state index contributed by atoms with van der Waals surface area (Å²) in [6.45, 7) is 20.0. The second-order valence-corrected chi connectivity index (χ2v) is 7.59. The second-order valence-electron chi connectivity index (χ2n) is 7.59. The molecule has 1 aliphatic heterocycles. The molecule has 0 saturated carbocycles. The SMILES string of the molecule is CC1CCN(C(C)C(C)CNC(C)(C)C)CC1C. The van der Waals surface area contributed by atoms with E-state index in [9.17, 15) is 0 Å². The smallest absolute Gasteiger partial charge is 0.0105 e. The highest BCUT2D eigenvalue weighted by Gasteiger charge is 2.28. The Kier molecular flexibility index (Phi) is 5.67. The third-order valence-electron chi connectivity index (χ3n) is 4.72. The predicted molar refractivity (Wildman–Crippen MR) is 80.9 cm³/mol. The minimum absolute atomic E-state index is 0.234. The van der Waals surface area contributed by atoms with E-state index >= 15 is 0 Å². The number of nitrogens with zero attached hydrogens (tertiary/aromatic N) is 1. The maximum Gasteiger partial charge on any atom is 0.0105 e. The standard InChI is InChI=1S/C16H34N2/c1-12-8-9-18(11-14(12)3)15(4)13(2)10-17-16(5,6)7/h12-15,17H,8-11H2,1-7H3. The lowest BCUT2D eigenvalue weighted by molar-refractivity contribution is 0.0767. The highest BCUT2D eigenvalue weighted by atomic mass is 15.2. The van der Waals surface area contributed by atoms with Crippen molar-refractivity contribution in [3.05, 3.63) is 0 Å². The van der Waals surface area contributed by atoms with Gasteiger partial charge in [-0.2, -0.15) is 0 Å². The molecule has 0 aromatic rings. The molecule has 0 aromatic carbocycles. The van der Waals surface area contributed by atoms with E-state index in [0.717, 1.165) is 18.4 Å². The lowest BCUT2D eigenvalue weighted by Gasteiger charge is -2.41. The van der Waals surface area contributed by atoms with Gasteiger partial charge >= 0.3 is 0 Å². The molecule has 0 aromatic heterocycles. The summed E-state index contributed by atoms with van der Waals surface area (Å²) in [6, 6.07) is 0.690. The van der Waals surface area contributed by atoms with Gasteiger partial charge in [0.1, 0.15) is 0 Å². The molecule has 0 bridgehead atoms. The molecule has 0 aliphatic carbocycles. The van der Waals surface area contributed by atoms with E-state index in [1.165, 1.54) is 19.5 Å². The molecule has 108 valence electrons. The van der Waals surface area contributed by atoms with E-state index in [2.05, 4.69) is 58.7 Å². The molecule has 0 spiro atoms. The van der Waals surface area contributed by atoms with Crippen molar-refractivity contribution in [2.24, 2.45) is 17.8 Å². The first kappa shape index (κ1) is 16.0. The van der Waals surface area contributed by atoms with E-state index in [-0.39, 0.29) is 5.54 Å². The van der Waals surface area contributed by atoms with Crippen molar-refractivity contribution in [1.29, 1.82) is 0 Å². The van der Waals surface area contributed by atoms with Crippen LogP contribution in [0.5, 0.6) is 0 Å². The molecule has 1 saturated heterocycles. The normalized spacial score (nSPS) is 30.2. The van der Waals surface area contributed by atoms with Crippen LogP contribution in [0.3, 0.4) is 0 Å². The Labute approximate surface area is 115 Å². The first-order valence-corrected chi connectivity index (χ1v) is 7.70. The quantitative estimate of drug-likeness (QED) is 0.827. The van der Waals surface area contributed by atoms with Crippen molar-refractivity contribution in [3.63, 3.8) is 0 Å². The monoisotopic (exact) mass is 254 g/mol. The van der Waals surface area contributed by atoms with E-state index in [1.807, 2.05) is 0 Å². The number of hydrogen-bond acceptors (Lipinski definition) is 2. The molecular formula is C16H34N2.